The summed E-state index contributed by atoms with van der Waals surface area (Å²) in [5.41, 5.74) is 3.62. The van der Waals surface area contributed by atoms with Crippen LogP contribution >= 0.6 is 0 Å². The van der Waals surface area contributed by atoms with Gasteiger partial charge in [-0.2, -0.15) is 5.10 Å². The van der Waals surface area contributed by atoms with E-state index in [0.29, 0.717) is 0 Å². The molecule has 1 aromatic carbocycles. The van der Waals surface area contributed by atoms with Crippen molar-refractivity contribution in [3.63, 3.8) is 0 Å². The molecule has 0 saturated heterocycles. The normalized spacial score (nSPS) is 15.0. The Labute approximate surface area is 111 Å². The summed E-state index contributed by atoms with van der Waals surface area (Å²) in [5.74, 6) is -0.0801. The minimum atomic E-state index is -0.365. The molecule has 1 unspecified atom stereocenters. The summed E-state index contributed by atoms with van der Waals surface area (Å²) >= 11 is 0. The maximum Gasteiger partial charge on any atom is 0.249 e. The second-order valence-electron chi connectivity index (χ2n) is 4.88. The van der Waals surface area contributed by atoms with Gasteiger partial charge in [0.25, 0.3) is 0 Å². The zero-order chi connectivity index (χ0) is 13.2. The lowest BCUT2D eigenvalue weighted by Crippen LogP contribution is -2.24. The standard InChI is InChI=1S/C14H16N4O/c1-10(18-9-15-8-16-18)14(19)17-13-6-5-11-3-2-4-12(11)7-13/h5-10H,2-4H2,1H3,(H,17,19). The van der Waals surface area contributed by atoms with Gasteiger partial charge in [-0.05, 0) is 49.4 Å². The quantitative estimate of drug-likeness (QED) is 0.913. The molecule has 0 fully saturated rings. The van der Waals surface area contributed by atoms with Gasteiger partial charge in [0.05, 0.1) is 0 Å². The van der Waals surface area contributed by atoms with Crippen molar-refractivity contribution in [1.29, 1.82) is 0 Å². The van der Waals surface area contributed by atoms with E-state index in [9.17, 15) is 4.79 Å². The lowest BCUT2D eigenvalue weighted by Gasteiger charge is -2.12. The molecule has 0 bridgehead atoms. The van der Waals surface area contributed by atoms with Crippen LogP contribution in [0.1, 0.15) is 30.5 Å². The summed E-state index contributed by atoms with van der Waals surface area (Å²) in [4.78, 5) is 16.0. The Hall–Kier alpha value is -2.17. The number of nitrogens with one attached hydrogen (secondary N) is 1. The number of rotatable bonds is 3. The van der Waals surface area contributed by atoms with Crippen LogP contribution < -0.4 is 5.32 Å². The van der Waals surface area contributed by atoms with Gasteiger partial charge < -0.3 is 5.32 Å². The number of amides is 1. The minimum absolute atomic E-state index is 0.0801. The molecule has 1 N–H and O–H groups in total. The van der Waals surface area contributed by atoms with E-state index >= 15 is 0 Å². The van der Waals surface area contributed by atoms with Gasteiger partial charge in [-0.3, -0.25) is 4.79 Å². The molecule has 0 aliphatic heterocycles. The molecule has 0 spiro atoms. The Bertz CT molecular complexity index is 591. The van der Waals surface area contributed by atoms with Gasteiger partial charge in [0.15, 0.2) is 0 Å². The van der Waals surface area contributed by atoms with Crippen LogP contribution in [-0.4, -0.2) is 20.7 Å². The van der Waals surface area contributed by atoms with E-state index in [-0.39, 0.29) is 11.9 Å². The van der Waals surface area contributed by atoms with Crippen LogP contribution in [0.2, 0.25) is 0 Å². The van der Waals surface area contributed by atoms with Crippen LogP contribution in [0, 0.1) is 0 Å². The second-order valence-corrected chi connectivity index (χ2v) is 4.88. The first-order chi connectivity index (χ1) is 9.24. The predicted molar refractivity (Wildman–Crippen MR) is 71.8 cm³/mol. The molecule has 98 valence electrons. The van der Waals surface area contributed by atoms with Gasteiger partial charge >= 0.3 is 0 Å². The lowest BCUT2D eigenvalue weighted by atomic mass is 10.1. The predicted octanol–water partition coefficient (Wildman–Crippen LogP) is 1.97. The second kappa shape index (κ2) is 4.84. The third-order valence-electron chi connectivity index (χ3n) is 3.58. The Balaban J connectivity index is 1.73. The fourth-order valence-electron chi connectivity index (χ4n) is 2.43. The van der Waals surface area contributed by atoms with Gasteiger partial charge in [0, 0.05) is 5.69 Å². The number of anilines is 1. The Kier molecular flexibility index (Phi) is 3.03. The van der Waals surface area contributed by atoms with Gasteiger partial charge in [-0.25, -0.2) is 9.67 Å². The van der Waals surface area contributed by atoms with Crippen molar-refractivity contribution in [2.45, 2.75) is 32.2 Å². The van der Waals surface area contributed by atoms with Crippen LogP contribution in [0.5, 0.6) is 0 Å². The number of fused-ring (bicyclic) bond motifs is 1. The van der Waals surface area contributed by atoms with Gasteiger partial charge in [-0.1, -0.05) is 6.07 Å². The summed E-state index contributed by atoms with van der Waals surface area (Å²) in [5, 5.41) is 6.91. The number of benzene rings is 1. The van der Waals surface area contributed by atoms with Crippen LogP contribution in [-0.2, 0) is 17.6 Å². The van der Waals surface area contributed by atoms with Crippen LogP contribution in [0.25, 0.3) is 0 Å². The zero-order valence-electron chi connectivity index (χ0n) is 10.8. The monoisotopic (exact) mass is 256 g/mol. The third-order valence-corrected chi connectivity index (χ3v) is 3.58. The number of aryl methyl sites for hydroxylation is 2. The lowest BCUT2D eigenvalue weighted by molar-refractivity contribution is -0.119. The summed E-state index contributed by atoms with van der Waals surface area (Å²) in [6.45, 7) is 1.80. The van der Waals surface area contributed by atoms with Gasteiger partial charge in [0.1, 0.15) is 18.7 Å². The molecule has 1 aliphatic rings. The molecular weight excluding hydrogens is 240 g/mol. The maximum absolute atomic E-state index is 12.1. The summed E-state index contributed by atoms with van der Waals surface area (Å²) in [6, 6.07) is 5.79. The molecule has 1 aromatic heterocycles. The Morgan fingerprint density at radius 3 is 3.00 bits per heavy atom. The smallest absolute Gasteiger partial charge is 0.249 e. The Morgan fingerprint density at radius 1 is 1.37 bits per heavy atom. The highest BCUT2D eigenvalue weighted by atomic mass is 16.2. The molecule has 1 heterocycles. The number of carbonyl (C=O) groups excluding carboxylic acids is 1. The van der Waals surface area contributed by atoms with Gasteiger partial charge in [-0.15, -0.1) is 0 Å². The van der Waals surface area contributed by atoms with Crippen LogP contribution in [0.4, 0.5) is 5.69 Å². The summed E-state index contributed by atoms with van der Waals surface area (Å²) < 4.78 is 1.54. The molecule has 0 radical (unpaired) electrons. The van der Waals surface area contributed by atoms with Crippen LogP contribution in [0.3, 0.4) is 0 Å². The van der Waals surface area contributed by atoms with Crippen molar-refractivity contribution in [1.82, 2.24) is 14.8 Å². The minimum Gasteiger partial charge on any atom is -0.324 e. The first-order valence-corrected chi connectivity index (χ1v) is 6.51. The number of hydrogen-bond acceptors (Lipinski definition) is 3. The van der Waals surface area contributed by atoms with Crippen molar-refractivity contribution in [3.05, 3.63) is 42.0 Å². The molecule has 5 heteroatoms. The highest BCUT2D eigenvalue weighted by Crippen LogP contribution is 2.25. The molecule has 3 rings (SSSR count). The molecular formula is C14H16N4O. The van der Waals surface area contributed by atoms with Crippen molar-refractivity contribution < 1.29 is 4.79 Å². The molecule has 19 heavy (non-hydrogen) atoms. The average Bonchev–Trinajstić information content (AvgIpc) is 3.08. The van der Waals surface area contributed by atoms with E-state index in [2.05, 4.69) is 27.5 Å². The fraction of sp³-hybridized carbons (Fsp3) is 0.357. The van der Waals surface area contributed by atoms with Crippen molar-refractivity contribution in [2.24, 2.45) is 0 Å². The SMILES string of the molecule is CC(C(=O)Nc1ccc2c(c1)CCC2)n1cncn1. The van der Waals surface area contributed by atoms with E-state index in [1.165, 1.54) is 23.9 Å². The number of carbonyl (C=O) groups is 1. The third kappa shape index (κ3) is 2.36. The zero-order valence-corrected chi connectivity index (χ0v) is 10.8. The van der Waals surface area contributed by atoms with E-state index in [4.69, 9.17) is 0 Å². The Morgan fingerprint density at radius 2 is 2.21 bits per heavy atom. The van der Waals surface area contributed by atoms with E-state index in [1.807, 2.05) is 6.07 Å². The van der Waals surface area contributed by atoms with Crippen LogP contribution in [0.15, 0.2) is 30.9 Å². The topological polar surface area (TPSA) is 59.8 Å². The molecule has 1 aliphatic carbocycles. The highest BCUT2D eigenvalue weighted by molar-refractivity contribution is 5.93. The number of aromatic nitrogens is 3. The molecule has 0 saturated carbocycles. The largest absolute Gasteiger partial charge is 0.324 e. The molecule has 1 amide bonds. The molecule has 1 atom stereocenters. The van der Waals surface area contributed by atoms with Crippen molar-refractivity contribution in [2.75, 3.05) is 5.32 Å². The first-order valence-electron chi connectivity index (χ1n) is 6.51. The van der Waals surface area contributed by atoms with Gasteiger partial charge in [0.2, 0.25) is 5.91 Å². The van der Waals surface area contributed by atoms with Crippen molar-refractivity contribution in [3.8, 4) is 0 Å². The fourth-order valence-corrected chi connectivity index (χ4v) is 2.43. The summed E-state index contributed by atoms with van der Waals surface area (Å²) in [7, 11) is 0. The van der Waals surface area contributed by atoms with E-state index in [0.717, 1.165) is 18.5 Å². The van der Waals surface area contributed by atoms with E-state index < -0.39 is 0 Å². The number of hydrogen-bond donors (Lipinski definition) is 1. The summed E-state index contributed by atoms with van der Waals surface area (Å²) in [6.07, 6.45) is 6.45. The maximum atomic E-state index is 12.1. The molecule has 5 nitrogen and oxygen atoms in total. The first kappa shape index (κ1) is 11.9. The van der Waals surface area contributed by atoms with E-state index in [1.54, 1.807) is 17.9 Å². The van der Waals surface area contributed by atoms with Crippen molar-refractivity contribution >= 4 is 11.6 Å². The highest BCUT2D eigenvalue weighted by Gasteiger charge is 2.17. The number of nitrogens with zero attached hydrogens (tertiary/aromatic N) is 3. The molecule has 2 aromatic rings. The average molecular weight is 256 g/mol.